The molecule has 0 aliphatic carbocycles. The van der Waals surface area contributed by atoms with Crippen molar-refractivity contribution in [2.45, 2.75) is 19.8 Å². The summed E-state index contributed by atoms with van der Waals surface area (Å²) in [5.74, 6) is 1.47. The molecule has 2 aromatic heterocycles. The quantitative estimate of drug-likeness (QED) is 0.515. The van der Waals surface area contributed by atoms with Gasteiger partial charge in [-0.25, -0.2) is 9.97 Å². The minimum atomic E-state index is 0.530. The van der Waals surface area contributed by atoms with Crippen LogP contribution in [-0.4, -0.2) is 23.1 Å². The van der Waals surface area contributed by atoms with Crippen molar-refractivity contribution in [2.24, 2.45) is 0 Å². The van der Waals surface area contributed by atoms with Gasteiger partial charge in [0.2, 0.25) is 0 Å². The lowest BCUT2D eigenvalue weighted by molar-refractivity contribution is 0.867. The zero-order valence-corrected chi connectivity index (χ0v) is 15.6. The Bertz CT molecular complexity index is 868. The highest BCUT2D eigenvalue weighted by Crippen LogP contribution is 2.38. The van der Waals surface area contributed by atoms with Gasteiger partial charge in [-0.15, -0.1) is 24.5 Å². The molecule has 0 spiro atoms. The molecule has 0 atom stereocenters. The largest absolute Gasteiger partial charge is 0.349 e. The van der Waals surface area contributed by atoms with E-state index in [-0.39, 0.29) is 0 Å². The van der Waals surface area contributed by atoms with Gasteiger partial charge in [0.25, 0.3) is 0 Å². The molecule has 1 aromatic carbocycles. The van der Waals surface area contributed by atoms with Crippen molar-refractivity contribution >= 4 is 27.4 Å². The number of benzene rings is 1. The van der Waals surface area contributed by atoms with Gasteiger partial charge >= 0.3 is 0 Å². The predicted octanol–water partition coefficient (Wildman–Crippen LogP) is 5.66. The maximum Gasteiger partial charge on any atom is 0.141 e. The summed E-state index contributed by atoms with van der Waals surface area (Å²) in [4.78, 5) is 12.2. The number of aromatic nitrogens is 2. The molecule has 0 bridgehead atoms. The molecule has 0 amide bonds. The second kappa shape index (κ2) is 7.62. The van der Waals surface area contributed by atoms with Crippen LogP contribution < -0.4 is 4.90 Å². The normalized spacial score (nSPS) is 11.0. The topological polar surface area (TPSA) is 29.0 Å². The fourth-order valence-corrected chi connectivity index (χ4v) is 3.83. The molecule has 0 saturated carbocycles. The third-order valence-corrected chi connectivity index (χ3v) is 5.12. The lowest BCUT2D eigenvalue weighted by Gasteiger charge is -2.21. The van der Waals surface area contributed by atoms with E-state index in [1.807, 2.05) is 12.2 Å². The van der Waals surface area contributed by atoms with Crippen LogP contribution in [-0.2, 0) is 0 Å². The summed E-state index contributed by atoms with van der Waals surface area (Å²) >= 11 is 1.66. The van der Waals surface area contributed by atoms with Crippen LogP contribution in [0.4, 0.5) is 5.82 Å². The highest BCUT2D eigenvalue weighted by Gasteiger charge is 2.16. The van der Waals surface area contributed by atoms with Crippen LogP contribution in [0.2, 0.25) is 0 Å². The number of thiophene rings is 1. The number of rotatable bonds is 7. The summed E-state index contributed by atoms with van der Waals surface area (Å²) in [6.07, 6.45) is 5.42. The third-order valence-electron chi connectivity index (χ3n) is 4.24. The molecule has 0 radical (unpaired) electrons. The number of hydrogen-bond donors (Lipinski definition) is 0. The summed E-state index contributed by atoms with van der Waals surface area (Å²) in [7, 11) is 0. The first-order chi connectivity index (χ1) is 12.2. The van der Waals surface area contributed by atoms with Crippen molar-refractivity contribution in [3.05, 3.63) is 66.8 Å². The van der Waals surface area contributed by atoms with Gasteiger partial charge < -0.3 is 4.90 Å². The van der Waals surface area contributed by atoms with Crippen LogP contribution >= 0.6 is 11.3 Å². The average molecular weight is 350 g/mol. The summed E-state index contributed by atoms with van der Waals surface area (Å²) in [5.41, 5.74) is 3.73. The Morgan fingerprint density at radius 1 is 1.08 bits per heavy atom. The zero-order chi connectivity index (χ0) is 17.8. The Balaban J connectivity index is 2.13. The van der Waals surface area contributed by atoms with Crippen molar-refractivity contribution in [1.29, 1.82) is 0 Å². The number of hydrogen-bond acceptors (Lipinski definition) is 4. The Hall–Kier alpha value is -2.46. The van der Waals surface area contributed by atoms with Crippen molar-refractivity contribution < 1.29 is 0 Å². The van der Waals surface area contributed by atoms with Crippen molar-refractivity contribution in [2.75, 3.05) is 18.0 Å². The maximum atomic E-state index is 4.57. The van der Waals surface area contributed by atoms with E-state index >= 15 is 0 Å². The molecule has 2 heterocycles. The molecule has 0 aliphatic rings. The molecular formula is C21H23N3S. The predicted molar refractivity (Wildman–Crippen MR) is 110 cm³/mol. The zero-order valence-electron chi connectivity index (χ0n) is 14.8. The number of anilines is 1. The Labute approximate surface area is 153 Å². The molecule has 3 aromatic rings. The first-order valence-corrected chi connectivity index (χ1v) is 9.33. The summed E-state index contributed by atoms with van der Waals surface area (Å²) in [5, 5.41) is 3.28. The first kappa shape index (κ1) is 17.4. The van der Waals surface area contributed by atoms with Gasteiger partial charge in [0, 0.05) is 24.0 Å². The summed E-state index contributed by atoms with van der Waals surface area (Å²) in [6, 6.07) is 8.80. The van der Waals surface area contributed by atoms with Crippen LogP contribution in [0.1, 0.15) is 25.3 Å². The van der Waals surface area contributed by atoms with E-state index in [2.05, 4.69) is 71.5 Å². The van der Waals surface area contributed by atoms with Crippen LogP contribution in [0.15, 0.2) is 61.3 Å². The minimum absolute atomic E-state index is 0.530. The monoisotopic (exact) mass is 349 g/mol. The Morgan fingerprint density at radius 2 is 1.76 bits per heavy atom. The molecule has 0 unspecified atom stereocenters. The highest BCUT2D eigenvalue weighted by molar-refractivity contribution is 7.17. The highest BCUT2D eigenvalue weighted by atomic mass is 32.1. The van der Waals surface area contributed by atoms with Gasteiger partial charge in [0.1, 0.15) is 17.0 Å². The van der Waals surface area contributed by atoms with Crippen molar-refractivity contribution in [1.82, 2.24) is 9.97 Å². The fourth-order valence-electron chi connectivity index (χ4n) is 2.92. The van der Waals surface area contributed by atoms with E-state index in [4.69, 9.17) is 0 Å². The maximum absolute atomic E-state index is 4.57. The SMILES string of the molecule is C=CCN(CC=C)c1ncnc2scc(-c3ccc(C(C)C)cc3)c12. The van der Waals surface area contributed by atoms with Gasteiger partial charge in [-0.2, -0.15) is 0 Å². The standard InChI is InChI=1S/C21H23N3S/c1-5-11-24(12-6-2)20-19-18(13-25-21(19)23-14-22-20)17-9-7-16(8-10-17)15(3)4/h5-10,13-15H,1-2,11-12H2,3-4H3. The molecule has 128 valence electrons. The van der Waals surface area contributed by atoms with E-state index in [0.717, 1.165) is 29.1 Å². The van der Waals surface area contributed by atoms with E-state index < -0.39 is 0 Å². The molecule has 4 heteroatoms. The van der Waals surface area contributed by atoms with Crippen molar-refractivity contribution in [3.63, 3.8) is 0 Å². The van der Waals surface area contributed by atoms with Gasteiger partial charge in [0.15, 0.2) is 0 Å². The van der Waals surface area contributed by atoms with Crippen LogP contribution in [0.5, 0.6) is 0 Å². The van der Waals surface area contributed by atoms with Crippen LogP contribution in [0.25, 0.3) is 21.3 Å². The van der Waals surface area contributed by atoms with E-state index in [1.165, 1.54) is 16.7 Å². The molecule has 25 heavy (non-hydrogen) atoms. The molecule has 0 saturated heterocycles. The Kier molecular flexibility index (Phi) is 5.29. The van der Waals surface area contributed by atoms with Gasteiger partial charge in [-0.1, -0.05) is 50.3 Å². The molecule has 3 rings (SSSR count). The van der Waals surface area contributed by atoms with Crippen LogP contribution in [0, 0.1) is 0 Å². The summed E-state index contributed by atoms with van der Waals surface area (Å²) < 4.78 is 0. The number of fused-ring (bicyclic) bond motifs is 1. The second-order valence-electron chi connectivity index (χ2n) is 6.29. The lowest BCUT2D eigenvalue weighted by Crippen LogP contribution is -2.24. The molecule has 0 aliphatic heterocycles. The minimum Gasteiger partial charge on any atom is -0.349 e. The average Bonchev–Trinajstić information content (AvgIpc) is 3.06. The fraction of sp³-hybridized carbons (Fsp3) is 0.238. The lowest BCUT2D eigenvalue weighted by atomic mass is 9.99. The first-order valence-electron chi connectivity index (χ1n) is 8.45. The Morgan fingerprint density at radius 3 is 2.36 bits per heavy atom. The van der Waals surface area contributed by atoms with Crippen molar-refractivity contribution in [3.8, 4) is 11.1 Å². The molecular weight excluding hydrogens is 326 g/mol. The summed E-state index contributed by atoms with van der Waals surface area (Å²) in [6.45, 7) is 13.6. The van der Waals surface area contributed by atoms with E-state index in [0.29, 0.717) is 5.92 Å². The van der Waals surface area contributed by atoms with E-state index in [1.54, 1.807) is 17.7 Å². The van der Waals surface area contributed by atoms with Gasteiger partial charge in [0.05, 0.1) is 5.39 Å². The smallest absolute Gasteiger partial charge is 0.141 e. The molecule has 0 N–H and O–H groups in total. The van der Waals surface area contributed by atoms with Crippen LogP contribution in [0.3, 0.4) is 0 Å². The molecule has 3 nitrogen and oxygen atoms in total. The second-order valence-corrected chi connectivity index (χ2v) is 7.14. The van der Waals surface area contributed by atoms with Gasteiger partial charge in [-0.3, -0.25) is 0 Å². The van der Waals surface area contributed by atoms with E-state index in [9.17, 15) is 0 Å². The third kappa shape index (κ3) is 3.49. The molecule has 0 fully saturated rings. The number of nitrogens with zero attached hydrogens (tertiary/aromatic N) is 3. The van der Waals surface area contributed by atoms with Gasteiger partial charge in [-0.05, 0) is 17.0 Å².